The van der Waals surface area contributed by atoms with Crippen molar-refractivity contribution in [3.8, 4) is 0 Å². The van der Waals surface area contributed by atoms with Crippen LogP contribution in [-0.4, -0.2) is 18.7 Å². The normalized spacial score (nSPS) is 11.1. The maximum Gasteiger partial charge on any atom is 0.407 e. The Morgan fingerprint density at radius 3 is 2.62 bits per heavy atom. The van der Waals surface area contributed by atoms with Gasteiger partial charge in [0.1, 0.15) is 6.61 Å². The van der Waals surface area contributed by atoms with Crippen LogP contribution in [0.25, 0.3) is 0 Å². The lowest BCUT2D eigenvalue weighted by atomic mass is 10.2. The Morgan fingerprint density at radius 2 is 2.06 bits per heavy atom. The summed E-state index contributed by atoms with van der Waals surface area (Å²) in [5.74, 6) is 0. The molecule has 1 rings (SSSR count). The average molecular weight is 245 g/mol. The Hall–Kier alpha value is -1.26. The Morgan fingerprint density at radius 1 is 1.44 bits per heavy atom. The number of benzene rings is 1. The van der Waals surface area contributed by atoms with Gasteiger partial charge in [0, 0.05) is 12.6 Å². The minimum atomic E-state index is -0.434. The molecule has 0 aliphatic carbocycles. The van der Waals surface area contributed by atoms with Crippen LogP contribution in [-0.2, 0) is 11.3 Å². The molecule has 1 aromatic carbocycles. The number of alkyl carbamates (subject to hydrolysis) is 1. The second kappa shape index (κ2) is 7.96. The van der Waals surface area contributed by atoms with E-state index < -0.39 is 6.09 Å². The number of rotatable bonds is 4. The van der Waals surface area contributed by atoms with Gasteiger partial charge in [0.15, 0.2) is 0 Å². The minimum absolute atomic E-state index is 0. The highest BCUT2D eigenvalue weighted by Crippen LogP contribution is 2.00. The van der Waals surface area contributed by atoms with Crippen molar-refractivity contribution in [1.29, 1.82) is 0 Å². The van der Waals surface area contributed by atoms with Gasteiger partial charge in [0.2, 0.25) is 0 Å². The van der Waals surface area contributed by atoms with Crippen molar-refractivity contribution in [3.05, 3.63) is 35.9 Å². The SMILES string of the molecule is C[C@H](N)CNC(=O)OCc1ccccc1.Cl. The van der Waals surface area contributed by atoms with Crippen molar-refractivity contribution < 1.29 is 9.53 Å². The summed E-state index contributed by atoms with van der Waals surface area (Å²) in [5.41, 5.74) is 6.44. The van der Waals surface area contributed by atoms with Crippen LogP contribution >= 0.6 is 12.4 Å². The molecular formula is C11H17ClN2O2. The molecule has 0 unspecified atom stereocenters. The molecule has 3 N–H and O–H groups in total. The number of hydrogen-bond donors (Lipinski definition) is 2. The third-order valence-corrected chi connectivity index (χ3v) is 1.78. The Balaban J connectivity index is 0.00000225. The largest absolute Gasteiger partial charge is 0.445 e. The van der Waals surface area contributed by atoms with Crippen molar-refractivity contribution >= 4 is 18.5 Å². The van der Waals surface area contributed by atoms with Gasteiger partial charge < -0.3 is 15.8 Å². The van der Waals surface area contributed by atoms with Gasteiger partial charge in [-0.1, -0.05) is 30.3 Å². The molecule has 0 saturated carbocycles. The van der Waals surface area contributed by atoms with Gasteiger partial charge in [-0.05, 0) is 12.5 Å². The van der Waals surface area contributed by atoms with Crippen LogP contribution in [0.4, 0.5) is 4.79 Å². The standard InChI is InChI=1S/C11H16N2O2.ClH/c1-9(12)7-13-11(14)15-8-10-5-3-2-4-6-10;/h2-6,9H,7-8,12H2,1H3,(H,13,14);1H/t9-;/m0./s1. The molecule has 0 aromatic heterocycles. The molecule has 0 bridgehead atoms. The molecule has 5 heteroatoms. The summed E-state index contributed by atoms with van der Waals surface area (Å²) in [6.45, 7) is 2.52. The summed E-state index contributed by atoms with van der Waals surface area (Å²) in [6.07, 6.45) is -0.434. The molecule has 0 aliphatic rings. The highest BCUT2D eigenvalue weighted by molar-refractivity contribution is 5.85. The summed E-state index contributed by atoms with van der Waals surface area (Å²) in [6, 6.07) is 9.46. The molecule has 0 radical (unpaired) electrons. The van der Waals surface area contributed by atoms with Gasteiger partial charge in [0.25, 0.3) is 0 Å². The number of halogens is 1. The molecule has 4 nitrogen and oxygen atoms in total. The van der Waals surface area contributed by atoms with Crippen LogP contribution < -0.4 is 11.1 Å². The first-order valence-corrected chi connectivity index (χ1v) is 4.88. The summed E-state index contributed by atoms with van der Waals surface area (Å²) in [5, 5.41) is 2.57. The zero-order valence-corrected chi connectivity index (χ0v) is 10.00. The third kappa shape index (κ3) is 6.27. The maximum absolute atomic E-state index is 11.1. The van der Waals surface area contributed by atoms with Crippen LogP contribution in [0, 0.1) is 0 Å². The van der Waals surface area contributed by atoms with E-state index in [1.165, 1.54) is 0 Å². The number of nitrogens with one attached hydrogen (secondary N) is 1. The maximum atomic E-state index is 11.1. The summed E-state index contributed by atoms with van der Waals surface area (Å²) >= 11 is 0. The monoisotopic (exact) mass is 244 g/mol. The van der Waals surface area contributed by atoms with E-state index in [1.807, 2.05) is 37.3 Å². The lowest BCUT2D eigenvalue weighted by Gasteiger charge is -2.08. The fraction of sp³-hybridized carbons (Fsp3) is 0.364. The molecular weight excluding hydrogens is 228 g/mol. The van der Waals surface area contributed by atoms with Gasteiger partial charge in [-0.25, -0.2) is 4.79 Å². The van der Waals surface area contributed by atoms with Gasteiger partial charge in [-0.3, -0.25) is 0 Å². The van der Waals surface area contributed by atoms with E-state index >= 15 is 0 Å². The summed E-state index contributed by atoms with van der Waals surface area (Å²) < 4.78 is 4.97. The van der Waals surface area contributed by atoms with Crippen molar-refractivity contribution in [3.63, 3.8) is 0 Å². The lowest BCUT2D eigenvalue weighted by Crippen LogP contribution is -2.35. The zero-order chi connectivity index (χ0) is 11.1. The first-order valence-electron chi connectivity index (χ1n) is 4.88. The van der Waals surface area contributed by atoms with E-state index in [1.54, 1.807) is 0 Å². The number of carbonyl (C=O) groups excluding carboxylic acids is 1. The van der Waals surface area contributed by atoms with Crippen LogP contribution in [0.1, 0.15) is 12.5 Å². The summed E-state index contributed by atoms with van der Waals surface area (Å²) in [4.78, 5) is 11.1. The van der Waals surface area contributed by atoms with Gasteiger partial charge in [0.05, 0.1) is 0 Å². The molecule has 0 aliphatic heterocycles. The minimum Gasteiger partial charge on any atom is -0.445 e. The molecule has 0 fully saturated rings. The molecule has 16 heavy (non-hydrogen) atoms. The highest BCUT2D eigenvalue weighted by atomic mass is 35.5. The Labute approximate surface area is 102 Å². The van der Waals surface area contributed by atoms with E-state index in [-0.39, 0.29) is 25.1 Å². The molecule has 90 valence electrons. The van der Waals surface area contributed by atoms with Crippen molar-refractivity contribution in [2.24, 2.45) is 5.73 Å². The van der Waals surface area contributed by atoms with Gasteiger partial charge in [-0.2, -0.15) is 0 Å². The predicted octanol–water partition coefficient (Wildman–Crippen LogP) is 1.68. The van der Waals surface area contributed by atoms with E-state index in [0.29, 0.717) is 6.54 Å². The second-order valence-corrected chi connectivity index (χ2v) is 3.42. The fourth-order valence-electron chi connectivity index (χ4n) is 1.02. The summed E-state index contributed by atoms with van der Waals surface area (Å²) in [7, 11) is 0. The third-order valence-electron chi connectivity index (χ3n) is 1.78. The lowest BCUT2D eigenvalue weighted by molar-refractivity contribution is 0.139. The van der Waals surface area contributed by atoms with E-state index in [2.05, 4.69) is 5.32 Å². The highest BCUT2D eigenvalue weighted by Gasteiger charge is 2.02. The average Bonchev–Trinajstić information content (AvgIpc) is 2.25. The van der Waals surface area contributed by atoms with Crippen molar-refractivity contribution in [2.45, 2.75) is 19.6 Å². The molecule has 1 atom stereocenters. The van der Waals surface area contributed by atoms with E-state index in [4.69, 9.17) is 10.5 Å². The predicted molar refractivity (Wildman–Crippen MR) is 65.5 cm³/mol. The van der Waals surface area contributed by atoms with Crippen molar-refractivity contribution in [2.75, 3.05) is 6.54 Å². The Bertz CT molecular complexity index is 304. The molecule has 0 heterocycles. The number of hydrogen-bond acceptors (Lipinski definition) is 3. The number of ether oxygens (including phenoxy) is 1. The van der Waals surface area contributed by atoms with Crippen LogP contribution in [0.5, 0.6) is 0 Å². The number of amides is 1. The molecule has 1 amide bonds. The Kier molecular flexibility index (Phi) is 7.33. The first kappa shape index (κ1) is 14.7. The smallest absolute Gasteiger partial charge is 0.407 e. The van der Waals surface area contributed by atoms with Gasteiger partial charge in [-0.15, -0.1) is 12.4 Å². The zero-order valence-electron chi connectivity index (χ0n) is 9.18. The second-order valence-electron chi connectivity index (χ2n) is 3.42. The van der Waals surface area contributed by atoms with Crippen LogP contribution in [0.2, 0.25) is 0 Å². The van der Waals surface area contributed by atoms with E-state index in [0.717, 1.165) is 5.56 Å². The molecule has 0 spiro atoms. The van der Waals surface area contributed by atoms with Crippen LogP contribution in [0.15, 0.2) is 30.3 Å². The number of nitrogens with two attached hydrogens (primary N) is 1. The van der Waals surface area contributed by atoms with Crippen molar-refractivity contribution in [1.82, 2.24) is 5.32 Å². The first-order chi connectivity index (χ1) is 7.18. The fourth-order valence-corrected chi connectivity index (χ4v) is 1.02. The number of carbonyl (C=O) groups is 1. The molecule has 1 aromatic rings. The van der Waals surface area contributed by atoms with Crippen LogP contribution in [0.3, 0.4) is 0 Å². The van der Waals surface area contributed by atoms with Gasteiger partial charge >= 0.3 is 6.09 Å². The molecule has 0 saturated heterocycles. The van der Waals surface area contributed by atoms with E-state index in [9.17, 15) is 4.79 Å². The topological polar surface area (TPSA) is 64.3 Å². The quantitative estimate of drug-likeness (QED) is 0.847.